The summed E-state index contributed by atoms with van der Waals surface area (Å²) < 4.78 is 5.17. The Kier molecular flexibility index (Phi) is 4.97. The van der Waals surface area contributed by atoms with E-state index in [4.69, 9.17) is 4.74 Å². The molecule has 1 aliphatic rings. The van der Waals surface area contributed by atoms with Crippen molar-refractivity contribution >= 4 is 0 Å². The highest BCUT2D eigenvalue weighted by Crippen LogP contribution is 2.08. The number of imidazole rings is 1. The summed E-state index contributed by atoms with van der Waals surface area (Å²) in [6.45, 7) is 5.23. The molecule has 0 aromatic carbocycles. The molecule has 1 aromatic heterocycles. The number of rotatable bonds is 6. The number of methoxy groups -OCH3 is 1. The standard InChI is InChI=1S/C12H22N4O/c1-17-7-3-12-9-13-4-6-16(12)5-2-11-8-14-10-15-11/h8,10,12-13H,2-7,9H2,1H3,(H,14,15)/t12-/m0/s1. The normalized spacial score (nSPS) is 21.8. The van der Waals surface area contributed by atoms with Crippen LogP contribution in [0.2, 0.25) is 0 Å². The van der Waals surface area contributed by atoms with Crippen molar-refractivity contribution < 1.29 is 4.74 Å². The number of nitrogens with one attached hydrogen (secondary N) is 2. The molecule has 96 valence electrons. The quantitative estimate of drug-likeness (QED) is 0.746. The second-order valence-corrected chi connectivity index (χ2v) is 4.50. The summed E-state index contributed by atoms with van der Waals surface area (Å²) in [5.41, 5.74) is 1.22. The zero-order valence-corrected chi connectivity index (χ0v) is 10.5. The molecule has 5 heteroatoms. The van der Waals surface area contributed by atoms with Crippen LogP contribution < -0.4 is 5.32 Å². The van der Waals surface area contributed by atoms with Gasteiger partial charge in [0.05, 0.1) is 6.33 Å². The topological polar surface area (TPSA) is 53.2 Å². The predicted molar refractivity (Wildman–Crippen MR) is 67.0 cm³/mol. The number of H-pyrrole nitrogens is 1. The van der Waals surface area contributed by atoms with E-state index < -0.39 is 0 Å². The van der Waals surface area contributed by atoms with Gasteiger partial charge in [-0.25, -0.2) is 4.98 Å². The summed E-state index contributed by atoms with van der Waals surface area (Å²) >= 11 is 0. The van der Waals surface area contributed by atoms with Gasteiger partial charge in [0.25, 0.3) is 0 Å². The van der Waals surface area contributed by atoms with Gasteiger partial charge >= 0.3 is 0 Å². The molecule has 1 aromatic rings. The van der Waals surface area contributed by atoms with Crippen LogP contribution in [-0.4, -0.2) is 60.8 Å². The largest absolute Gasteiger partial charge is 0.385 e. The zero-order chi connectivity index (χ0) is 11.9. The lowest BCUT2D eigenvalue weighted by Crippen LogP contribution is -2.52. The Morgan fingerprint density at radius 2 is 2.53 bits per heavy atom. The van der Waals surface area contributed by atoms with Crippen molar-refractivity contribution in [2.45, 2.75) is 18.9 Å². The minimum absolute atomic E-state index is 0.603. The predicted octanol–water partition coefficient (Wildman–Crippen LogP) is 0.263. The number of hydrogen-bond donors (Lipinski definition) is 2. The Morgan fingerprint density at radius 1 is 1.59 bits per heavy atom. The molecule has 0 spiro atoms. The molecule has 0 bridgehead atoms. The number of ether oxygens (including phenoxy) is 1. The second-order valence-electron chi connectivity index (χ2n) is 4.50. The maximum Gasteiger partial charge on any atom is 0.0921 e. The van der Waals surface area contributed by atoms with Gasteiger partial charge < -0.3 is 15.0 Å². The fraction of sp³-hybridized carbons (Fsp3) is 0.750. The lowest BCUT2D eigenvalue weighted by molar-refractivity contribution is 0.112. The molecule has 0 saturated carbocycles. The van der Waals surface area contributed by atoms with E-state index in [1.165, 1.54) is 5.69 Å². The van der Waals surface area contributed by atoms with Gasteiger partial charge in [-0.05, 0) is 6.42 Å². The minimum atomic E-state index is 0.603. The van der Waals surface area contributed by atoms with Crippen LogP contribution >= 0.6 is 0 Å². The van der Waals surface area contributed by atoms with Crippen molar-refractivity contribution in [1.29, 1.82) is 0 Å². The molecule has 2 heterocycles. The number of aromatic amines is 1. The Morgan fingerprint density at radius 3 is 3.29 bits per heavy atom. The molecule has 17 heavy (non-hydrogen) atoms. The Balaban J connectivity index is 1.79. The van der Waals surface area contributed by atoms with Gasteiger partial charge in [-0.1, -0.05) is 0 Å². The van der Waals surface area contributed by atoms with Crippen LogP contribution in [0, 0.1) is 0 Å². The van der Waals surface area contributed by atoms with Crippen LogP contribution in [0.25, 0.3) is 0 Å². The maximum absolute atomic E-state index is 5.17. The first-order valence-corrected chi connectivity index (χ1v) is 6.31. The van der Waals surface area contributed by atoms with E-state index in [0.29, 0.717) is 6.04 Å². The number of nitrogens with zero attached hydrogens (tertiary/aromatic N) is 2. The highest BCUT2D eigenvalue weighted by Gasteiger charge is 2.21. The Labute approximate surface area is 103 Å². The Bertz CT molecular complexity index is 301. The molecular formula is C12H22N4O. The maximum atomic E-state index is 5.17. The van der Waals surface area contributed by atoms with E-state index in [9.17, 15) is 0 Å². The van der Waals surface area contributed by atoms with E-state index in [2.05, 4.69) is 20.2 Å². The van der Waals surface area contributed by atoms with Crippen molar-refractivity contribution in [3.05, 3.63) is 18.2 Å². The van der Waals surface area contributed by atoms with E-state index in [-0.39, 0.29) is 0 Å². The van der Waals surface area contributed by atoms with Crippen LogP contribution in [0.1, 0.15) is 12.1 Å². The molecule has 0 unspecified atom stereocenters. The Hall–Kier alpha value is -0.910. The molecular weight excluding hydrogens is 216 g/mol. The zero-order valence-electron chi connectivity index (χ0n) is 10.5. The van der Waals surface area contributed by atoms with Crippen LogP contribution in [0.4, 0.5) is 0 Å². The van der Waals surface area contributed by atoms with Gasteiger partial charge in [-0.15, -0.1) is 0 Å². The van der Waals surface area contributed by atoms with E-state index in [0.717, 1.165) is 45.6 Å². The van der Waals surface area contributed by atoms with Gasteiger partial charge in [-0.2, -0.15) is 0 Å². The van der Waals surface area contributed by atoms with Gasteiger partial charge in [0.2, 0.25) is 0 Å². The van der Waals surface area contributed by atoms with Gasteiger partial charge in [0.1, 0.15) is 0 Å². The van der Waals surface area contributed by atoms with Crippen LogP contribution in [0.3, 0.4) is 0 Å². The molecule has 0 radical (unpaired) electrons. The average Bonchev–Trinajstić information content (AvgIpc) is 2.88. The van der Waals surface area contributed by atoms with Crippen molar-refractivity contribution in [2.75, 3.05) is 39.9 Å². The fourth-order valence-electron chi connectivity index (χ4n) is 2.32. The first-order valence-electron chi connectivity index (χ1n) is 6.31. The highest BCUT2D eigenvalue weighted by atomic mass is 16.5. The van der Waals surface area contributed by atoms with Crippen LogP contribution in [-0.2, 0) is 11.2 Å². The van der Waals surface area contributed by atoms with Gasteiger partial charge in [0.15, 0.2) is 0 Å². The van der Waals surface area contributed by atoms with Gasteiger partial charge in [-0.3, -0.25) is 4.90 Å². The first kappa shape index (κ1) is 12.5. The lowest BCUT2D eigenvalue weighted by atomic mass is 10.1. The van der Waals surface area contributed by atoms with Crippen LogP contribution in [0.15, 0.2) is 12.5 Å². The van der Waals surface area contributed by atoms with E-state index in [1.807, 2.05) is 6.20 Å². The monoisotopic (exact) mass is 238 g/mol. The number of piperazine rings is 1. The molecule has 0 aliphatic carbocycles. The molecule has 5 nitrogen and oxygen atoms in total. The highest BCUT2D eigenvalue weighted by molar-refractivity contribution is 4.95. The minimum Gasteiger partial charge on any atom is -0.385 e. The lowest BCUT2D eigenvalue weighted by Gasteiger charge is -2.36. The second kappa shape index (κ2) is 6.74. The fourth-order valence-corrected chi connectivity index (χ4v) is 2.32. The number of hydrogen-bond acceptors (Lipinski definition) is 4. The molecule has 1 fully saturated rings. The summed E-state index contributed by atoms with van der Waals surface area (Å²) in [4.78, 5) is 9.76. The molecule has 2 N–H and O–H groups in total. The van der Waals surface area contributed by atoms with Crippen molar-refractivity contribution in [1.82, 2.24) is 20.2 Å². The summed E-state index contributed by atoms with van der Waals surface area (Å²) in [5, 5.41) is 3.45. The van der Waals surface area contributed by atoms with Crippen molar-refractivity contribution in [3.63, 3.8) is 0 Å². The first-order chi connectivity index (χ1) is 8.40. The van der Waals surface area contributed by atoms with Crippen LogP contribution in [0.5, 0.6) is 0 Å². The number of aromatic nitrogens is 2. The van der Waals surface area contributed by atoms with E-state index >= 15 is 0 Å². The van der Waals surface area contributed by atoms with Crippen molar-refractivity contribution in [3.8, 4) is 0 Å². The smallest absolute Gasteiger partial charge is 0.0921 e. The average molecular weight is 238 g/mol. The third-order valence-electron chi connectivity index (χ3n) is 3.35. The SMILES string of the molecule is COCC[C@H]1CNCCN1CCc1cnc[nH]1. The summed E-state index contributed by atoms with van der Waals surface area (Å²) in [7, 11) is 1.77. The molecule has 0 amide bonds. The third-order valence-corrected chi connectivity index (χ3v) is 3.35. The van der Waals surface area contributed by atoms with E-state index in [1.54, 1.807) is 13.4 Å². The van der Waals surface area contributed by atoms with Gasteiger partial charge in [0, 0.05) is 64.2 Å². The molecule has 1 atom stereocenters. The summed E-state index contributed by atoms with van der Waals surface area (Å²) in [5.74, 6) is 0. The summed E-state index contributed by atoms with van der Waals surface area (Å²) in [6, 6.07) is 0.603. The van der Waals surface area contributed by atoms with Crippen molar-refractivity contribution in [2.24, 2.45) is 0 Å². The summed E-state index contributed by atoms with van der Waals surface area (Å²) in [6.07, 6.45) is 5.80. The molecule has 1 aliphatic heterocycles. The molecule has 1 saturated heterocycles. The molecule has 2 rings (SSSR count). The third kappa shape index (κ3) is 3.80.